The Morgan fingerprint density at radius 2 is 2.11 bits per heavy atom. The lowest BCUT2D eigenvalue weighted by Gasteiger charge is -2.10. The Hall–Kier alpha value is -1.02. The lowest BCUT2D eigenvalue weighted by Crippen LogP contribution is -2.29. The minimum absolute atomic E-state index is 0.0186. The zero-order valence-electron chi connectivity index (χ0n) is 11.0. The van der Waals surface area contributed by atoms with Crippen molar-refractivity contribution in [1.82, 2.24) is 4.72 Å². The van der Waals surface area contributed by atoms with E-state index >= 15 is 0 Å². The highest BCUT2D eigenvalue weighted by Crippen LogP contribution is 2.15. The fourth-order valence-electron chi connectivity index (χ4n) is 1.44. The third-order valence-corrected chi connectivity index (χ3v) is 3.86. The van der Waals surface area contributed by atoms with E-state index in [9.17, 15) is 12.8 Å². The first-order valence-corrected chi connectivity index (χ1v) is 7.45. The van der Waals surface area contributed by atoms with Crippen LogP contribution in [0.2, 0.25) is 0 Å². The van der Waals surface area contributed by atoms with Crippen molar-refractivity contribution in [2.24, 2.45) is 5.73 Å². The van der Waals surface area contributed by atoms with Gasteiger partial charge in [-0.15, -0.1) is 0 Å². The molecule has 1 aromatic carbocycles. The molecule has 0 atom stereocenters. The van der Waals surface area contributed by atoms with Crippen LogP contribution in [0.3, 0.4) is 0 Å². The molecule has 0 heterocycles. The van der Waals surface area contributed by atoms with Crippen molar-refractivity contribution in [2.45, 2.75) is 31.4 Å². The largest absolute Gasteiger partial charge is 0.377 e. The lowest BCUT2D eigenvalue weighted by molar-refractivity contribution is 0.0834. The number of sulfonamides is 1. The highest BCUT2D eigenvalue weighted by atomic mass is 32.2. The summed E-state index contributed by atoms with van der Waals surface area (Å²) in [7, 11) is -3.86. The first kappa shape index (κ1) is 16.0. The molecule has 0 spiro atoms. The summed E-state index contributed by atoms with van der Waals surface area (Å²) in [4.78, 5) is -0.380. The number of nitrogens with one attached hydrogen (secondary N) is 1. The monoisotopic (exact) mass is 290 g/mol. The van der Waals surface area contributed by atoms with E-state index in [1.165, 1.54) is 12.1 Å². The van der Waals surface area contributed by atoms with Crippen LogP contribution in [0.5, 0.6) is 0 Å². The standard InChI is InChI=1S/C12H19FN2O3S/c1-9(2)18-6-5-15-19(16,17)12-4-3-10(8-14)7-11(12)13/h3-4,7,9,15H,5-6,8,14H2,1-2H3. The van der Waals surface area contributed by atoms with Crippen molar-refractivity contribution < 1.29 is 17.5 Å². The average molecular weight is 290 g/mol. The van der Waals surface area contributed by atoms with Gasteiger partial charge in [0.2, 0.25) is 10.0 Å². The molecule has 0 radical (unpaired) electrons. The Morgan fingerprint density at radius 1 is 1.42 bits per heavy atom. The summed E-state index contributed by atoms with van der Waals surface area (Å²) in [6.07, 6.45) is 0.0186. The Balaban J connectivity index is 2.72. The van der Waals surface area contributed by atoms with E-state index in [4.69, 9.17) is 10.5 Å². The SMILES string of the molecule is CC(C)OCCNS(=O)(=O)c1ccc(CN)cc1F. The minimum atomic E-state index is -3.86. The van der Waals surface area contributed by atoms with Crippen LogP contribution in [0.1, 0.15) is 19.4 Å². The molecule has 1 rings (SSSR count). The molecule has 0 saturated carbocycles. The van der Waals surface area contributed by atoms with Gasteiger partial charge in [0.25, 0.3) is 0 Å². The molecule has 0 aliphatic rings. The molecule has 5 nitrogen and oxygen atoms in total. The number of hydrogen-bond donors (Lipinski definition) is 2. The Kier molecular flexibility index (Phi) is 5.86. The van der Waals surface area contributed by atoms with Crippen LogP contribution in [0.15, 0.2) is 23.1 Å². The number of benzene rings is 1. The van der Waals surface area contributed by atoms with Crippen LogP contribution < -0.4 is 10.5 Å². The maximum Gasteiger partial charge on any atom is 0.243 e. The van der Waals surface area contributed by atoms with Gasteiger partial charge < -0.3 is 10.5 Å². The Bertz CT molecular complexity index is 518. The van der Waals surface area contributed by atoms with Crippen molar-refractivity contribution in [3.63, 3.8) is 0 Å². The van der Waals surface area contributed by atoms with E-state index in [1.54, 1.807) is 0 Å². The fraction of sp³-hybridized carbons (Fsp3) is 0.500. The first-order valence-electron chi connectivity index (χ1n) is 5.96. The van der Waals surface area contributed by atoms with Crippen molar-refractivity contribution in [1.29, 1.82) is 0 Å². The molecular weight excluding hydrogens is 271 g/mol. The van der Waals surface area contributed by atoms with Gasteiger partial charge in [-0.05, 0) is 31.5 Å². The molecule has 108 valence electrons. The second kappa shape index (κ2) is 6.95. The highest BCUT2D eigenvalue weighted by molar-refractivity contribution is 7.89. The molecule has 0 aromatic heterocycles. The van der Waals surface area contributed by atoms with Crippen LogP contribution in [0.25, 0.3) is 0 Å². The second-order valence-corrected chi connectivity index (χ2v) is 6.02. The summed E-state index contributed by atoms with van der Waals surface area (Å²) in [6, 6.07) is 3.82. The molecule has 3 N–H and O–H groups in total. The van der Waals surface area contributed by atoms with E-state index in [0.717, 1.165) is 6.07 Å². The van der Waals surface area contributed by atoms with Gasteiger partial charge in [-0.2, -0.15) is 0 Å². The third kappa shape index (κ3) is 4.87. The van der Waals surface area contributed by atoms with Gasteiger partial charge in [0.05, 0.1) is 12.7 Å². The van der Waals surface area contributed by atoms with E-state index in [-0.39, 0.29) is 30.7 Å². The van der Waals surface area contributed by atoms with Gasteiger partial charge in [-0.1, -0.05) is 6.07 Å². The molecule has 0 fully saturated rings. The van der Waals surface area contributed by atoms with E-state index in [2.05, 4.69) is 4.72 Å². The zero-order chi connectivity index (χ0) is 14.5. The average Bonchev–Trinajstić information content (AvgIpc) is 2.34. The number of rotatable bonds is 7. The van der Waals surface area contributed by atoms with Gasteiger partial charge in [-0.3, -0.25) is 0 Å². The molecule has 0 aliphatic heterocycles. The number of ether oxygens (including phenoxy) is 1. The molecular formula is C12H19FN2O3S. The molecule has 0 unspecified atom stereocenters. The first-order chi connectivity index (χ1) is 8.86. The van der Waals surface area contributed by atoms with E-state index in [0.29, 0.717) is 5.56 Å². The maximum atomic E-state index is 13.7. The van der Waals surface area contributed by atoms with Crippen molar-refractivity contribution >= 4 is 10.0 Å². The summed E-state index contributed by atoms with van der Waals surface area (Å²) >= 11 is 0. The summed E-state index contributed by atoms with van der Waals surface area (Å²) in [6.45, 7) is 4.18. The number of halogens is 1. The van der Waals surface area contributed by atoms with Gasteiger partial charge in [0, 0.05) is 13.1 Å². The van der Waals surface area contributed by atoms with Gasteiger partial charge >= 0.3 is 0 Å². The molecule has 0 aliphatic carbocycles. The van der Waals surface area contributed by atoms with E-state index < -0.39 is 15.8 Å². The molecule has 0 bridgehead atoms. The summed E-state index contributed by atoms with van der Waals surface area (Å²) in [5.41, 5.74) is 5.90. The molecule has 7 heteroatoms. The smallest absolute Gasteiger partial charge is 0.243 e. The van der Waals surface area contributed by atoms with Gasteiger partial charge in [-0.25, -0.2) is 17.5 Å². The maximum absolute atomic E-state index is 13.7. The lowest BCUT2D eigenvalue weighted by atomic mass is 10.2. The third-order valence-electron chi connectivity index (χ3n) is 2.37. The fourth-order valence-corrected chi connectivity index (χ4v) is 2.51. The van der Waals surface area contributed by atoms with Crippen LogP contribution in [0.4, 0.5) is 4.39 Å². The topological polar surface area (TPSA) is 81.4 Å². The molecule has 19 heavy (non-hydrogen) atoms. The van der Waals surface area contributed by atoms with Crippen LogP contribution in [0, 0.1) is 5.82 Å². The summed E-state index contributed by atoms with van der Waals surface area (Å²) < 4.78 is 44.9. The quantitative estimate of drug-likeness (QED) is 0.734. The van der Waals surface area contributed by atoms with Crippen molar-refractivity contribution in [3.8, 4) is 0 Å². The normalized spacial score (nSPS) is 12.1. The minimum Gasteiger partial charge on any atom is -0.377 e. The Morgan fingerprint density at radius 3 is 2.63 bits per heavy atom. The second-order valence-electron chi connectivity index (χ2n) is 4.29. The predicted molar refractivity (Wildman–Crippen MR) is 70.6 cm³/mol. The molecule has 0 amide bonds. The van der Waals surface area contributed by atoms with Crippen molar-refractivity contribution in [3.05, 3.63) is 29.6 Å². The number of nitrogens with two attached hydrogens (primary N) is 1. The Labute approximate surface area is 113 Å². The zero-order valence-corrected chi connectivity index (χ0v) is 11.8. The van der Waals surface area contributed by atoms with Gasteiger partial charge in [0.15, 0.2) is 0 Å². The molecule has 0 saturated heterocycles. The van der Waals surface area contributed by atoms with Crippen molar-refractivity contribution in [2.75, 3.05) is 13.2 Å². The van der Waals surface area contributed by atoms with Crippen LogP contribution in [-0.4, -0.2) is 27.7 Å². The van der Waals surface area contributed by atoms with E-state index in [1.807, 2.05) is 13.8 Å². The number of hydrogen-bond acceptors (Lipinski definition) is 4. The summed E-state index contributed by atoms with van der Waals surface area (Å²) in [5, 5.41) is 0. The highest BCUT2D eigenvalue weighted by Gasteiger charge is 2.18. The molecule has 1 aromatic rings. The predicted octanol–water partition coefficient (Wildman–Crippen LogP) is 0.988. The van der Waals surface area contributed by atoms with Crippen LogP contribution in [-0.2, 0) is 21.3 Å². The van der Waals surface area contributed by atoms with Gasteiger partial charge in [0.1, 0.15) is 10.7 Å². The summed E-state index contributed by atoms with van der Waals surface area (Å²) in [5.74, 6) is -0.805. The van der Waals surface area contributed by atoms with Crippen LogP contribution >= 0.6 is 0 Å².